The van der Waals surface area contributed by atoms with Gasteiger partial charge in [-0.1, -0.05) is 6.07 Å². The molecular weight excluding hydrogens is 320 g/mol. The molecule has 6 heteroatoms. The van der Waals surface area contributed by atoms with Gasteiger partial charge in [-0.05, 0) is 61.6 Å². The molecule has 0 fully saturated rings. The lowest BCUT2D eigenvalue weighted by Crippen LogP contribution is -2.21. The zero-order valence-corrected chi connectivity index (χ0v) is 14.1. The molecule has 1 heterocycles. The van der Waals surface area contributed by atoms with Crippen LogP contribution in [0.3, 0.4) is 0 Å². The number of hydrogen-bond donors (Lipinski definition) is 2. The van der Waals surface area contributed by atoms with Crippen LogP contribution in [0.25, 0.3) is 0 Å². The number of aromatic nitrogens is 1. The van der Waals surface area contributed by atoms with Crippen LogP contribution in [-0.2, 0) is 16.3 Å². The van der Waals surface area contributed by atoms with E-state index in [0.717, 1.165) is 25.8 Å². The molecule has 1 aliphatic carbocycles. The fourth-order valence-corrected chi connectivity index (χ4v) is 4.42. The zero-order valence-electron chi connectivity index (χ0n) is 12.5. The van der Waals surface area contributed by atoms with E-state index in [2.05, 4.69) is 10.3 Å². The van der Waals surface area contributed by atoms with E-state index < -0.39 is 9.84 Å². The first-order valence-corrected chi connectivity index (χ1v) is 8.76. The maximum absolute atomic E-state index is 12.6. The normalized spacial score (nSPS) is 17.6. The van der Waals surface area contributed by atoms with Crippen LogP contribution in [0.15, 0.2) is 46.5 Å². The number of sulfone groups is 1. The second-order valence-electron chi connectivity index (χ2n) is 5.56. The Balaban J connectivity index is 0.00000176. The van der Waals surface area contributed by atoms with E-state index in [0.29, 0.717) is 15.7 Å². The molecule has 1 aromatic carbocycles. The highest BCUT2D eigenvalue weighted by atomic mass is 35.5. The number of H-pyrrole nitrogens is 1. The first-order valence-electron chi connectivity index (χ1n) is 7.28. The number of fused-ring (bicyclic) bond motifs is 1. The van der Waals surface area contributed by atoms with E-state index in [9.17, 15) is 8.42 Å². The minimum atomic E-state index is -3.41. The number of nitrogens with one attached hydrogen (secondary N) is 2. The molecule has 0 aliphatic heterocycles. The molecule has 0 radical (unpaired) electrons. The zero-order chi connectivity index (χ0) is 14.9. The Labute approximate surface area is 137 Å². The summed E-state index contributed by atoms with van der Waals surface area (Å²) < 4.78 is 25.1. The third-order valence-electron chi connectivity index (χ3n) is 4.19. The molecule has 0 spiro atoms. The maximum atomic E-state index is 12.6. The van der Waals surface area contributed by atoms with E-state index >= 15 is 0 Å². The predicted octanol–water partition coefficient (Wildman–Crippen LogP) is 2.91. The molecule has 22 heavy (non-hydrogen) atoms. The highest BCUT2D eigenvalue weighted by molar-refractivity contribution is 7.91. The second-order valence-corrected chi connectivity index (χ2v) is 7.51. The number of aromatic amines is 1. The van der Waals surface area contributed by atoms with Crippen molar-refractivity contribution >= 4 is 22.2 Å². The molecule has 1 aromatic heterocycles. The Kier molecular flexibility index (Phi) is 5.32. The standard InChI is InChI=1S/C16H20N2O2S.ClH/c1-17-10-13-4-2-3-12-9-14(5-6-16(12)13)21(19,20)15-7-8-18-11-15;/h5-9,11,13,17-18H,2-4,10H2,1H3;1H/t13-;/m0./s1. The molecule has 0 saturated carbocycles. The molecule has 1 aliphatic rings. The number of hydrogen-bond acceptors (Lipinski definition) is 3. The van der Waals surface area contributed by atoms with Crippen LogP contribution < -0.4 is 5.32 Å². The largest absolute Gasteiger partial charge is 0.366 e. The molecule has 3 rings (SSSR count). The summed E-state index contributed by atoms with van der Waals surface area (Å²) in [5, 5.41) is 3.22. The SMILES string of the molecule is CNC[C@@H]1CCCc2cc(S(=O)(=O)c3cc[nH]c3)ccc21.Cl. The summed E-state index contributed by atoms with van der Waals surface area (Å²) in [6.07, 6.45) is 6.41. The third-order valence-corrected chi connectivity index (χ3v) is 5.94. The van der Waals surface area contributed by atoms with E-state index in [4.69, 9.17) is 0 Å². The van der Waals surface area contributed by atoms with Gasteiger partial charge in [-0.2, -0.15) is 0 Å². The van der Waals surface area contributed by atoms with Gasteiger partial charge in [0, 0.05) is 18.9 Å². The molecular formula is C16H21ClN2O2S. The first-order chi connectivity index (χ1) is 10.1. The summed E-state index contributed by atoms with van der Waals surface area (Å²) >= 11 is 0. The van der Waals surface area contributed by atoms with Crippen molar-refractivity contribution in [3.8, 4) is 0 Å². The fraction of sp³-hybridized carbons (Fsp3) is 0.375. The molecule has 2 N–H and O–H groups in total. The van der Waals surface area contributed by atoms with Crippen molar-refractivity contribution in [1.29, 1.82) is 0 Å². The Hall–Kier alpha value is -1.30. The summed E-state index contributed by atoms with van der Waals surface area (Å²) in [7, 11) is -1.45. The first kappa shape index (κ1) is 17.1. The lowest BCUT2D eigenvalue weighted by atomic mass is 9.83. The van der Waals surface area contributed by atoms with E-state index in [1.165, 1.54) is 17.3 Å². The molecule has 4 nitrogen and oxygen atoms in total. The Morgan fingerprint density at radius 1 is 1.27 bits per heavy atom. The third kappa shape index (κ3) is 3.07. The number of aryl methyl sites for hydroxylation is 1. The summed E-state index contributed by atoms with van der Waals surface area (Å²) in [5.74, 6) is 0.489. The summed E-state index contributed by atoms with van der Waals surface area (Å²) in [5.41, 5.74) is 2.47. The Morgan fingerprint density at radius 2 is 2.09 bits per heavy atom. The van der Waals surface area contributed by atoms with Crippen LogP contribution in [0.2, 0.25) is 0 Å². The molecule has 2 aromatic rings. The average molecular weight is 341 g/mol. The minimum absolute atomic E-state index is 0. The Bertz CT molecular complexity index is 727. The van der Waals surface area contributed by atoms with Crippen molar-refractivity contribution in [1.82, 2.24) is 10.3 Å². The summed E-state index contributed by atoms with van der Waals surface area (Å²) in [6, 6.07) is 7.20. The molecule has 0 amide bonds. The second kappa shape index (κ2) is 6.86. The highest BCUT2D eigenvalue weighted by Crippen LogP contribution is 2.33. The minimum Gasteiger partial charge on any atom is -0.366 e. The van der Waals surface area contributed by atoms with Gasteiger partial charge in [0.05, 0.1) is 9.79 Å². The highest BCUT2D eigenvalue weighted by Gasteiger charge is 2.23. The van der Waals surface area contributed by atoms with Crippen molar-refractivity contribution in [3.05, 3.63) is 47.8 Å². The van der Waals surface area contributed by atoms with Crippen LogP contribution in [-0.4, -0.2) is 27.0 Å². The van der Waals surface area contributed by atoms with E-state index in [1.807, 2.05) is 19.2 Å². The van der Waals surface area contributed by atoms with Crippen molar-refractivity contribution in [2.75, 3.05) is 13.6 Å². The average Bonchev–Trinajstić information content (AvgIpc) is 3.02. The van der Waals surface area contributed by atoms with Gasteiger partial charge in [0.15, 0.2) is 0 Å². The van der Waals surface area contributed by atoms with Gasteiger partial charge >= 0.3 is 0 Å². The molecule has 0 unspecified atom stereocenters. The number of benzene rings is 1. The molecule has 120 valence electrons. The lowest BCUT2D eigenvalue weighted by Gasteiger charge is -2.25. The van der Waals surface area contributed by atoms with Crippen LogP contribution in [0.5, 0.6) is 0 Å². The number of halogens is 1. The van der Waals surface area contributed by atoms with Crippen LogP contribution in [0.1, 0.15) is 29.9 Å². The van der Waals surface area contributed by atoms with Crippen LogP contribution in [0.4, 0.5) is 0 Å². The predicted molar refractivity (Wildman–Crippen MR) is 89.5 cm³/mol. The van der Waals surface area contributed by atoms with Crippen LogP contribution in [0, 0.1) is 0 Å². The van der Waals surface area contributed by atoms with Gasteiger partial charge in [-0.3, -0.25) is 0 Å². The van der Waals surface area contributed by atoms with Crippen molar-refractivity contribution < 1.29 is 8.42 Å². The molecule has 0 bridgehead atoms. The quantitative estimate of drug-likeness (QED) is 0.899. The number of likely N-dealkylation sites (N-methyl/N-ethyl adjacent to an activating group) is 1. The molecule has 1 atom stereocenters. The van der Waals surface area contributed by atoms with Crippen molar-refractivity contribution in [3.63, 3.8) is 0 Å². The summed E-state index contributed by atoms with van der Waals surface area (Å²) in [6.45, 7) is 0.941. The van der Waals surface area contributed by atoms with Gasteiger partial charge in [0.2, 0.25) is 9.84 Å². The maximum Gasteiger partial charge on any atom is 0.208 e. The van der Waals surface area contributed by atoms with E-state index in [1.54, 1.807) is 18.3 Å². The van der Waals surface area contributed by atoms with Gasteiger partial charge < -0.3 is 10.3 Å². The topological polar surface area (TPSA) is 62.0 Å². The monoisotopic (exact) mass is 340 g/mol. The Morgan fingerprint density at radius 3 is 2.77 bits per heavy atom. The van der Waals surface area contributed by atoms with E-state index in [-0.39, 0.29) is 12.4 Å². The van der Waals surface area contributed by atoms with Gasteiger partial charge in [-0.25, -0.2) is 8.42 Å². The lowest BCUT2D eigenvalue weighted by molar-refractivity contribution is 0.527. The van der Waals surface area contributed by atoms with Gasteiger partial charge in [0.1, 0.15) is 0 Å². The summed E-state index contributed by atoms with van der Waals surface area (Å²) in [4.78, 5) is 3.52. The number of rotatable bonds is 4. The molecule has 0 saturated heterocycles. The fourth-order valence-electron chi connectivity index (χ4n) is 3.13. The van der Waals surface area contributed by atoms with Crippen molar-refractivity contribution in [2.24, 2.45) is 0 Å². The smallest absolute Gasteiger partial charge is 0.208 e. The van der Waals surface area contributed by atoms with Gasteiger partial charge in [-0.15, -0.1) is 12.4 Å². The van der Waals surface area contributed by atoms with Crippen LogP contribution >= 0.6 is 12.4 Å². The van der Waals surface area contributed by atoms with Gasteiger partial charge in [0.25, 0.3) is 0 Å². The van der Waals surface area contributed by atoms with Crippen molar-refractivity contribution in [2.45, 2.75) is 35.0 Å².